The maximum absolute atomic E-state index is 2.54. The average molecular weight is 475 g/mol. The number of fused-ring (bicyclic) bond motifs is 2. The van der Waals surface area contributed by atoms with Gasteiger partial charge in [-0.2, -0.15) is 0 Å². The summed E-state index contributed by atoms with van der Waals surface area (Å²) >= 11 is 3.89. The van der Waals surface area contributed by atoms with Crippen LogP contribution in [0.2, 0.25) is 0 Å². The van der Waals surface area contributed by atoms with Crippen molar-refractivity contribution in [2.45, 2.75) is 62.6 Å². The smallest absolute Gasteiger partial charge is 0.0988 e. The zero-order chi connectivity index (χ0) is 23.3. The molecule has 1 atom stereocenters. The van der Waals surface area contributed by atoms with E-state index in [0.717, 1.165) is 19.4 Å². The Morgan fingerprint density at radius 1 is 1.00 bits per heavy atom. The molecule has 0 radical (unpaired) electrons. The Morgan fingerprint density at radius 3 is 2.42 bits per heavy atom. The maximum Gasteiger partial charge on any atom is 0.0988 e. The van der Waals surface area contributed by atoms with Gasteiger partial charge in [0.1, 0.15) is 0 Å². The minimum absolute atomic E-state index is 0.266. The Morgan fingerprint density at radius 2 is 1.70 bits per heavy atom. The van der Waals surface area contributed by atoms with Gasteiger partial charge in [0, 0.05) is 23.4 Å². The average Bonchev–Trinajstić information content (AvgIpc) is 3.22. The molecule has 3 aliphatic rings. The van der Waals surface area contributed by atoms with Crippen molar-refractivity contribution in [3.05, 3.63) is 81.9 Å². The van der Waals surface area contributed by atoms with E-state index in [1.807, 2.05) is 23.5 Å². The van der Waals surface area contributed by atoms with E-state index in [4.69, 9.17) is 0 Å². The molecule has 172 valence electrons. The predicted molar refractivity (Wildman–Crippen MR) is 147 cm³/mol. The zero-order valence-electron chi connectivity index (χ0n) is 20.6. The quantitative estimate of drug-likeness (QED) is 0.441. The molecule has 0 bridgehead atoms. The van der Waals surface area contributed by atoms with E-state index in [2.05, 4.69) is 106 Å². The molecular formula is C29H34N2S2. The fourth-order valence-electron chi connectivity index (χ4n) is 5.21. The highest BCUT2D eigenvalue weighted by molar-refractivity contribution is 8.03. The number of nitrogens with zero attached hydrogens (tertiary/aromatic N) is 2. The van der Waals surface area contributed by atoms with Crippen molar-refractivity contribution >= 4 is 34.9 Å². The van der Waals surface area contributed by atoms with Crippen LogP contribution in [-0.2, 0) is 0 Å². The largest absolute Gasteiger partial charge is 0.355 e. The summed E-state index contributed by atoms with van der Waals surface area (Å²) in [5.41, 5.74) is 8.54. The SMILES string of the molecule is CCN1c2ccc(C)cc2SC1/C=C1C=C(/C=C2\Sc3cc(C)ccc3N2C)CC(C)(C)C/1. The molecule has 0 fully saturated rings. The van der Waals surface area contributed by atoms with Crippen LogP contribution < -0.4 is 9.80 Å². The van der Waals surface area contributed by atoms with Gasteiger partial charge in [-0.25, -0.2) is 0 Å². The molecule has 0 spiro atoms. The minimum Gasteiger partial charge on any atom is -0.355 e. The van der Waals surface area contributed by atoms with Gasteiger partial charge in [-0.15, -0.1) is 0 Å². The van der Waals surface area contributed by atoms with E-state index in [1.165, 1.54) is 48.5 Å². The molecule has 0 N–H and O–H groups in total. The monoisotopic (exact) mass is 474 g/mol. The summed E-state index contributed by atoms with van der Waals surface area (Å²) in [6.07, 6.45) is 9.65. The number of anilines is 2. The summed E-state index contributed by atoms with van der Waals surface area (Å²) in [4.78, 5) is 7.66. The molecule has 0 aromatic heterocycles. The first-order valence-corrected chi connectivity index (χ1v) is 13.6. The van der Waals surface area contributed by atoms with Crippen molar-refractivity contribution in [2.75, 3.05) is 23.4 Å². The van der Waals surface area contributed by atoms with Crippen molar-refractivity contribution < 1.29 is 0 Å². The Bertz CT molecular complexity index is 1190. The van der Waals surface area contributed by atoms with E-state index >= 15 is 0 Å². The molecule has 2 aromatic carbocycles. The third kappa shape index (κ3) is 4.52. The molecule has 0 saturated heterocycles. The normalized spacial score (nSPS) is 23.8. The summed E-state index contributed by atoms with van der Waals surface area (Å²) in [5.74, 6) is 0. The number of hydrogen-bond acceptors (Lipinski definition) is 4. The number of aryl methyl sites for hydroxylation is 2. The van der Waals surface area contributed by atoms with E-state index in [9.17, 15) is 0 Å². The lowest BCUT2D eigenvalue weighted by molar-refractivity contribution is 0.354. The highest BCUT2D eigenvalue weighted by Crippen LogP contribution is 2.48. The summed E-state index contributed by atoms with van der Waals surface area (Å²) in [6.45, 7) is 12.5. The number of likely N-dealkylation sites (N-methyl/N-ethyl adjacent to an activating group) is 1. The molecule has 2 aliphatic heterocycles. The lowest BCUT2D eigenvalue weighted by Crippen LogP contribution is -2.28. The van der Waals surface area contributed by atoms with Crippen LogP contribution in [0.25, 0.3) is 0 Å². The van der Waals surface area contributed by atoms with Gasteiger partial charge in [-0.1, -0.05) is 55.6 Å². The number of hydrogen-bond donors (Lipinski definition) is 0. The van der Waals surface area contributed by atoms with Crippen LogP contribution in [0.1, 0.15) is 44.7 Å². The first-order valence-electron chi connectivity index (χ1n) is 11.9. The lowest BCUT2D eigenvalue weighted by Gasteiger charge is -2.32. The summed E-state index contributed by atoms with van der Waals surface area (Å²) in [7, 11) is 2.19. The molecular weight excluding hydrogens is 440 g/mol. The zero-order valence-corrected chi connectivity index (χ0v) is 22.2. The van der Waals surface area contributed by atoms with Crippen LogP contribution in [0.5, 0.6) is 0 Å². The van der Waals surface area contributed by atoms with Gasteiger partial charge in [0.25, 0.3) is 0 Å². The molecule has 4 heteroatoms. The van der Waals surface area contributed by atoms with Gasteiger partial charge in [0.05, 0.1) is 21.8 Å². The van der Waals surface area contributed by atoms with E-state index in [1.54, 1.807) is 0 Å². The molecule has 0 amide bonds. The maximum atomic E-state index is 2.54. The predicted octanol–water partition coefficient (Wildman–Crippen LogP) is 8.32. The first kappa shape index (κ1) is 22.7. The van der Waals surface area contributed by atoms with Crippen molar-refractivity contribution in [3.63, 3.8) is 0 Å². The Balaban J connectivity index is 1.45. The highest BCUT2D eigenvalue weighted by atomic mass is 32.2. The molecule has 2 nitrogen and oxygen atoms in total. The first-order chi connectivity index (χ1) is 15.7. The lowest BCUT2D eigenvalue weighted by atomic mass is 9.75. The van der Waals surface area contributed by atoms with Crippen molar-refractivity contribution in [2.24, 2.45) is 5.41 Å². The molecule has 2 aromatic rings. The second-order valence-electron chi connectivity index (χ2n) is 10.4. The standard InChI is InChI=1S/C29H34N2S2/c1-7-31-24-11-9-20(3)13-26(24)33-28(31)16-22-14-21(17-29(4,5)18-22)15-27-30(6)23-10-8-19(2)12-25(23)32-27/h8-16,28H,7,17-18H2,1-6H3/b22-16-,27-15-. The molecule has 33 heavy (non-hydrogen) atoms. The van der Waals surface area contributed by atoms with Crippen LogP contribution in [-0.4, -0.2) is 19.0 Å². The van der Waals surface area contributed by atoms with Crippen LogP contribution in [0.3, 0.4) is 0 Å². The van der Waals surface area contributed by atoms with Crippen molar-refractivity contribution in [3.8, 4) is 0 Å². The van der Waals surface area contributed by atoms with Crippen LogP contribution in [0, 0.1) is 19.3 Å². The topological polar surface area (TPSA) is 6.48 Å². The van der Waals surface area contributed by atoms with Gasteiger partial charge in [-0.3, -0.25) is 0 Å². The molecule has 5 rings (SSSR count). The van der Waals surface area contributed by atoms with E-state index < -0.39 is 0 Å². The summed E-state index contributed by atoms with van der Waals surface area (Å²) in [5, 5.41) is 1.70. The molecule has 0 saturated carbocycles. The van der Waals surface area contributed by atoms with Crippen molar-refractivity contribution in [1.82, 2.24) is 0 Å². The fraction of sp³-hybridized carbons (Fsp3) is 0.379. The van der Waals surface area contributed by atoms with Gasteiger partial charge in [0.15, 0.2) is 0 Å². The van der Waals surface area contributed by atoms with Crippen molar-refractivity contribution in [1.29, 1.82) is 0 Å². The number of benzene rings is 2. The number of thioether (sulfide) groups is 2. The third-order valence-corrected chi connectivity index (χ3v) is 9.10. The molecule has 2 heterocycles. The number of rotatable bonds is 3. The number of allylic oxidation sites excluding steroid dienone is 4. The van der Waals surface area contributed by atoms with Gasteiger partial charge >= 0.3 is 0 Å². The Kier molecular flexibility index (Phi) is 5.95. The van der Waals surface area contributed by atoms with Gasteiger partial charge in [-0.05, 0) is 97.7 Å². The molecule has 1 aliphatic carbocycles. The minimum atomic E-state index is 0.266. The second kappa shape index (κ2) is 8.63. The van der Waals surface area contributed by atoms with Crippen LogP contribution >= 0.6 is 23.5 Å². The summed E-state index contributed by atoms with van der Waals surface area (Å²) in [6, 6.07) is 13.6. The second-order valence-corrected chi connectivity index (χ2v) is 12.6. The highest BCUT2D eigenvalue weighted by Gasteiger charge is 2.31. The molecule has 1 unspecified atom stereocenters. The van der Waals surface area contributed by atoms with Gasteiger partial charge in [0.2, 0.25) is 0 Å². The fourth-order valence-corrected chi connectivity index (χ4v) is 7.89. The third-order valence-electron chi connectivity index (χ3n) is 6.74. The van der Waals surface area contributed by atoms with Crippen LogP contribution in [0.4, 0.5) is 11.4 Å². The van der Waals surface area contributed by atoms with E-state index in [-0.39, 0.29) is 5.41 Å². The Labute approximate surface area is 207 Å². The summed E-state index contributed by atoms with van der Waals surface area (Å²) < 4.78 is 0. The Hall–Kier alpha value is -2.04. The van der Waals surface area contributed by atoms with Crippen LogP contribution in [0.15, 0.2) is 80.6 Å². The van der Waals surface area contributed by atoms with E-state index in [0.29, 0.717) is 5.37 Å². The van der Waals surface area contributed by atoms with Gasteiger partial charge < -0.3 is 9.80 Å².